The number of esters is 1. The summed E-state index contributed by atoms with van der Waals surface area (Å²) in [6.07, 6.45) is 2.13. The highest BCUT2D eigenvalue weighted by atomic mass is 16.5. The molecule has 1 aliphatic carbocycles. The number of hydrogen-bond donors (Lipinski definition) is 2. The van der Waals surface area contributed by atoms with Crippen LogP contribution in [-0.2, 0) is 26.3 Å². The Bertz CT molecular complexity index is 1050. The molecule has 4 rings (SSSR count). The van der Waals surface area contributed by atoms with Gasteiger partial charge in [-0.2, -0.15) is 0 Å². The molecule has 1 saturated heterocycles. The number of carbonyl (C=O) groups is 4. The van der Waals surface area contributed by atoms with Crippen molar-refractivity contribution in [2.45, 2.75) is 31.7 Å². The summed E-state index contributed by atoms with van der Waals surface area (Å²) in [5, 5.41) is 5.49. The van der Waals surface area contributed by atoms with Gasteiger partial charge in [0.2, 0.25) is 5.91 Å². The maximum Gasteiger partial charge on any atom is 0.338 e. The topological polar surface area (TPSA) is 105 Å². The molecular weight excluding hydrogens is 398 g/mol. The van der Waals surface area contributed by atoms with Crippen molar-refractivity contribution in [3.8, 4) is 0 Å². The second-order valence-corrected chi connectivity index (χ2v) is 7.58. The van der Waals surface area contributed by atoms with Gasteiger partial charge < -0.3 is 15.4 Å². The minimum Gasteiger partial charge on any atom is -0.462 e. The molecule has 1 atom stereocenters. The van der Waals surface area contributed by atoms with E-state index in [2.05, 4.69) is 10.6 Å². The SMILES string of the molecule is CCOC(=O)c1ccc(NC(=O)CN2C(=O)NC3(CCCc4ccccc43)C2=O)cc1. The van der Waals surface area contributed by atoms with E-state index in [4.69, 9.17) is 4.74 Å². The third kappa shape index (κ3) is 3.76. The largest absolute Gasteiger partial charge is 0.462 e. The first-order chi connectivity index (χ1) is 14.9. The Morgan fingerprint density at radius 1 is 1.13 bits per heavy atom. The summed E-state index contributed by atoms with van der Waals surface area (Å²) >= 11 is 0. The molecule has 160 valence electrons. The molecule has 1 unspecified atom stereocenters. The van der Waals surface area contributed by atoms with E-state index in [0.29, 0.717) is 17.7 Å². The van der Waals surface area contributed by atoms with Gasteiger partial charge in [-0.25, -0.2) is 9.59 Å². The first-order valence-corrected chi connectivity index (χ1v) is 10.2. The molecule has 1 fully saturated rings. The minimum atomic E-state index is -1.10. The maximum atomic E-state index is 13.2. The van der Waals surface area contributed by atoms with Crippen LogP contribution in [0.15, 0.2) is 48.5 Å². The van der Waals surface area contributed by atoms with E-state index in [1.807, 2.05) is 24.3 Å². The van der Waals surface area contributed by atoms with Gasteiger partial charge in [0.05, 0.1) is 12.2 Å². The number of nitrogens with one attached hydrogen (secondary N) is 2. The van der Waals surface area contributed by atoms with Crippen LogP contribution < -0.4 is 10.6 Å². The molecule has 8 heteroatoms. The first-order valence-electron chi connectivity index (χ1n) is 10.2. The number of anilines is 1. The zero-order valence-electron chi connectivity index (χ0n) is 17.1. The van der Waals surface area contributed by atoms with Gasteiger partial charge in [-0.3, -0.25) is 14.5 Å². The lowest BCUT2D eigenvalue weighted by molar-refractivity contribution is -0.134. The number of ether oxygens (including phenoxy) is 1. The first kappa shape index (κ1) is 20.6. The van der Waals surface area contributed by atoms with Crippen molar-refractivity contribution >= 4 is 29.5 Å². The Balaban J connectivity index is 1.45. The minimum absolute atomic E-state index is 0.273. The molecule has 0 aromatic heterocycles. The van der Waals surface area contributed by atoms with Gasteiger partial charge in [0.15, 0.2) is 0 Å². The molecule has 31 heavy (non-hydrogen) atoms. The fourth-order valence-electron chi connectivity index (χ4n) is 4.20. The number of carbonyl (C=O) groups excluding carboxylic acids is 4. The second-order valence-electron chi connectivity index (χ2n) is 7.58. The van der Waals surface area contributed by atoms with Crippen LogP contribution >= 0.6 is 0 Å². The molecule has 1 aliphatic heterocycles. The van der Waals surface area contributed by atoms with Crippen molar-refractivity contribution in [1.82, 2.24) is 10.2 Å². The van der Waals surface area contributed by atoms with Crippen LogP contribution in [0.3, 0.4) is 0 Å². The zero-order chi connectivity index (χ0) is 22.0. The number of rotatable bonds is 5. The number of aryl methyl sites for hydroxylation is 1. The Morgan fingerprint density at radius 2 is 1.87 bits per heavy atom. The summed E-state index contributed by atoms with van der Waals surface area (Å²) < 4.78 is 4.93. The lowest BCUT2D eigenvalue weighted by Crippen LogP contribution is -2.47. The van der Waals surface area contributed by atoms with Gasteiger partial charge in [-0.15, -0.1) is 0 Å². The van der Waals surface area contributed by atoms with Crippen LogP contribution in [0, 0.1) is 0 Å². The molecule has 0 bridgehead atoms. The van der Waals surface area contributed by atoms with Crippen LogP contribution in [0.5, 0.6) is 0 Å². The van der Waals surface area contributed by atoms with Crippen molar-refractivity contribution in [3.05, 3.63) is 65.2 Å². The average molecular weight is 421 g/mol. The molecule has 2 aromatic carbocycles. The lowest BCUT2D eigenvalue weighted by atomic mass is 9.76. The van der Waals surface area contributed by atoms with Gasteiger partial charge >= 0.3 is 12.0 Å². The normalized spacial score (nSPS) is 19.7. The summed E-state index contributed by atoms with van der Waals surface area (Å²) in [5.41, 5.74) is 1.55. The fourth-order valence-corrected chi connectivity index (χ4v) is 4.20. The smallest absolute Gasteiger partial charge is 0.338 e. The van der Waals surface area contributed by atoms with Crippen LogP contribution in [0.25, 0.3) is 0 Å². The molecule has 8 nitrogen and oxygen atoms in total. The molecule has 0 radical (unpaired) electrons. The van der Waals surface area contributed by atoms with Crippen LogP contribution in [-0.4, -0.2) is 41.9 Å². The van der Waals surface area contributed by atoms with Crippen molar-refractivity contribution in [1.29, 1.82) is 0 Å². The highest BCUT2D eigenvalue weighted by molar-refractivity contribution is 6.10. The zero-order valence-corrected chi connectivity index (χ0v) is 17.1. The van der Waals surface area contributed by atoms with Gasteiger partial charge in [-0.05, 0) is 61.6 Å². The second kappa shape index (κ2) is 8.22. The molecule has 2 N–H and O–H groups in total. The number of fused-ring (bicyclic) bond motifs is 2. The van der Waals surface area contributed by atoms with Crippen LogP contribution in [0.2, 0.25) is 0 Å². The maximum absolute atomic E-state index is 13.2. The molecular formula is C23H23N3O5. The molecule has 0 saturated carbocycles. The molecule has 1 spiro atoms. The number of imide groups is 1. The molecule has 2 aromatic rings. The molecule has 4 amide bonds. The van der Waals surface area contributed by atoms with E-state index in [1.165, 1.54) is 12.1 Å². The Kier molecular flexibility index (Phi) is 5.46. The number of hydrogen-bond acceptors (Lipinski definition) is 5. The molecule has 1 heterocycles. The Labute approximate surface area is 179 Å². The predicted molar refractivity (Wildman–Crippen MR) is 112 cm³/mol. The summed E-state index contributed by atoms with van der Waals surface area (Å²) in [4.78, 5) is 51.0. The predicted octanol–water partition coefficient (Wildman–Crippen LogP) is 2.59. The third-order valence-electron chi connectivity index (χ3n) is 5.63. The van der Waals surface area contributed by atoms with Crippen LogP contribution in [0.1, 0.15) is 41.3 Å². The van der Waals surface area contributed by atoms with Gasteiger partial charge in [0, 0.05) is 5.69 Å². The van der Waals surface area contributed by atoms with E-state index < -0.39 is 35.9 Å². The van der Waals surface area contributed by atoms with Crippen LogP contribution in [0.4, 0.5) is 10.5 Å². The number of urea groups is 1. The fraction of sp³-hybridized carbons (Fsp3) is 0.304. The summed E-state index contributed by atoms with van der Waals surface area (Å²) in [6, 6.07) is 13.2. The number of amides is 4. The van der Waals surface area contributed by atoms with Crippen molar-refractivity contribution in [2.24, 2.45) is 0 Å². The summed E-state index contributed by atoms with van der Waals surface area (Å²) in [5.74, 6) is -1.36. The highest BCUT2D eigenvalue weighted by Crippen LogP contribution is 2.39. The third-order valence-corrected chi connectivity index (χ3v) is 5.63. The van der Waals surface area contributed by atoms with E-state index >= 15 is 0 Å². The van der Waals surface area contributed by atoms with Crippen molar-refractivity contribution in [2.75, 3.05) is 18.5 Å². The van der Waals surface area contributed by atoms with E-state index in [9.17, 15) is 19.2 Å². The summed E-state index contributed by atoms with van der Waals surface area (Å²) in [6.45, 7) is 1.60. The number of nitrogens with zero attached hydrogens (tertiary/aromatic N) is 1. The lowest BCUT2D eigenvalue weighted by Gasteiger charge is -2.33. The van der Waals surface area contributed by atoms with E-state index in [-0.39, 0.29) is 6.61 Å². The highest BCUT2D eigenvalue weighted by Gasteiger charge is 2.54. The average Bonchev–Trinajstić information content (AvgIpc) is 2.99. The standard InChI is InChI=1S/C23H23N3O5/c1-2-31-20(28)16-9-11-17(12-10-16)24-19(27)14-26-21(29)23(25-22(26)30)13-5-7-15-6-3-4-8-18(15)23/h3-4,6,8-12H,2,5,7,13-14H2,1H3,(H,24,27)(H,25,30). The van der Waals surface area contributed by atoms with Gasteiger partial charge in [0.25, 0.3) is 5.91 Å². The van der Waals surface area contributed by atoms with Crippen molar-refractivity contribution < 1.29 is 23.9 Å². The van der Waals surface area contributed by atoms with Gasteiger partial charge in [0.1, 0.15) is 12.1 Å². The molecule has 2 aliphatic rings. The number of benzene rings is 2. The van der Waals surface area contributed by atoms with Gasteiger partial charge in [-0.1, -0.05) is 24.3 Å². The Hall–Kier alpha value is -3.68. The Morgan fingerprint density at radius 3 is 2.61 bits per heavy atom. The van der Waals surface area contributed by atoms with Crippen molar-refractivity contribution in [3.63, 3.8) is 0 Å². The quantitative estimate of drug-likeness (QED) is 0.570. The van der Waals surface area contributed by atoms with E-state index in [1.54, 1.807) is 19.1 Å². The monoisotopic (exact) mass is 421 g/mol. The van der Waals surface area contributed by atoms with E-state index in [0.717, 1.165) is 28.9 Å². The summed E-state index contributed by atoms with van der Waals surface area (Å²) in [7, 11) is 0.